The molecule has 1 aromatic heterocycles. The highest BCUT2D eigenvalue weighted by Crippen LogP contribution is 2.39. The van der Waals surface area contributed by atoms with Crippen LogP contribution in [0.15, 0.2) is 52.2 Å². The van der Waals surface area contributed by atoms with E-state index in [1.165, 1.54) is 12.1 Å². The number of fused-ring (bicyclic) bond motifs is 1. The first kappa shape index (κ1) is 31.5. The van der Waals surface area contributed by atoms with Crippen molar-refractivity contribution in [2.45, 2.75) is 61.4 Å². The van der Waals surface area contributed by atoms with Gasteiger partial charge in [0.15, 0.2) is 23.5 Å². The molecule has 2 aromatic carbocycles. The van der Waals surface area contributed by atoms with E-state index in [9.17, 15) is 55.9 Å². The van der Waals surface area contributed by atoms with E-state index >= 15 is 0 Å². The third-order valence-electron chi connectivity index (χ3n) is 7.32. The fourth-order valence-electron chi connectivity index (χ4n) is 4.89. The molecule has 0 amide bonds. The summed E-state index contributed by atoms with van der Waals surface area (Å²) in [7, 11) is 0. The topological polar surface area (TPSA) is 269 Å². The van der Waals surface area contributed by atoms with Crippen molar-refractivity contribution < 1.29 is 74.4 Å². The average molecular weight is 623 g/mol. The lowest BCUT2D eigenvalue weighted by molar-refractivity contribution is -0.315. The van der Waals surface area contributed by atoms with Gasteiger partial charge in [-0.2, -0.15) is 0 Å². The Morgan fingerprint density at radius 1 is 0.773 bits per heavy atom. The number of phenols is 4. The van der Waals surface area contributed by atoms with Crippen molar-refractivity contribution in [3.63, 3.8) is 0 Å². The van der Waals surface area contributed by atoms with Gasteiger partial charge in [0, 0.05) is 17.7 Å². The molecule has 5 rings (SSSR count). The van der Waals surface area contributed by atoms with Crippen LogP contribution in [-0.4, -0.2) is 119 Å². The van der Waals surface area contributed by atoms with Crippen LogP contribution in [0, 0.1) is 0 Å². The molecule has 3 heterocycles. The SMILES string of the molecule is C=C[C@@H]1O[C@@H](OC[C@H]2O[C@@H](Oc3c(-c4ccc(O)c(O)c4)oc4cc(O)cc(O)c4c3=O)[C@H](O)[C@@H](O)[C@@H]2O)[C@H](O)[C@H](O)[C@H]1O. The van der Waals surface area contributed by atoms with Gasteiger partial charge >= 0.3 is 0 Å². The maximum atomic E-state index is 13.6. The number of hydrogen-bond acceptors (Lipinski definition) is 16. The summed E-state index contributed by atoms with van der Waals surface area (Å²) in [5, 5.41) is 102. The van der Waals surface area contributed by atoms with Crippen LogP contribution in [0.3, 0.4) is 0 Å². The molecule has 2 aliphatic rings. The molecule has 0 aliphatic carbocycles. The summed E-state index contributed by atoms with van der Waals surface area (Å²) in [6.45, 7) is 2.84. The Hall–Kier alpha value is -3.97. The fraction of sp³-hybridized carbons (Fsp3) is 0.393. The van der Waals surface area contributed by atoms with Gasteiger partial charge in [0.1, 0.15) is 71.3 Å². The van der Waals surface area contributed by atoms with Gasteiger partial charge in [-0.25, -0.2) is 0 Å². The summed E-state index contributed by atoms with van der Waals surface area (Å²) in [5.41, 5.74) is -1.37. The molecule has 0 spiro atoms. The first-order chi connectivity index (χ1) is 20.8. The van der Waals surface area contributed by atoms with Gasteiger partial charge < -0.3 is 74.4 Å². The van der Waals surface area contributed by atoms with Crippen LogP contribution in [0.2, 0.25) is 0 Å². The number of phenolic OH excluding ortho intramolecular Hbond substituents is 4. The van der Waals surface area contributed by atoms with Crippen LogP contribution >= 0.6 is 0 Å². The molecule has 44 heavy (non-hydrogen) atoms. The normalized spacial score (nSPS) is 32.4. The Bertz CT molecular complexity index is 1590. The predicted molar refractivity (Wildman–Crippen MR) is 145 cm³/mol. The van der Waals surface area contributed by atoms with E-state index in [2.05, 4.69) is 6.58 Å². The summed E-state index contributed by atoms with van der Waals surface area (Å²) in [5.74, 6) is -3.37. The first-order valence-electron chi connectivity index (χ1n) is 13.2. The van der Waals surface area contributed by atoms with Gasteiger partial charge in [-0.05, 0) is 18.2 Å². The minimum atomic E-state index is -1.98. The minimum Gasteiger partial charge on any atom is -0.508 e. The first-order valence-corrected chi connectivity index (χ1v) is 13.2. The van der Waals surface area contributed by atoms with E-state index < -0.39 is 113 Å². The van der Waals surface area contributed by atoms with Crippen LogP contribution in [0.1, 0.15) is 0 Å². The van der Waals surface area contributed by atoms with E-state index in [4.69, 9.17) is 23.4 Å². The number of rotatable bonds is 7. The van der Waals surface area contributed by atoms with E-state index in [1.807, 2.05) is 0 Å². The van der Waals surface area contributed by atoms with Crippen LogP contribution in [-0.2, 0) is 14.2 Å². The lowest BCUT2D eigenvalue weighted by Crippen LogP contribution is -2.61. The maximum absolute atomic E-state index is 13.6. The van der Waals surface area contributed by atoms with Crippen molar-refractivity contribution >= 4 is 11.0 Å². The third kappa shape index (κ3) is 5.65. The Morgan fingerprint density at radius 2 is 1.45 bits per heavy atom. The molecule has 0 radical (unpaired) electrons. The van der Waals surface area contributed by atoms with Gasteiger partial charge in [0.2, 0.25) is 17.5 Å². The van der Waals surface area contributed by atoms with Crippen LogP contribution in [0.5, 0.6) is 28.7 Å². The molecular weight excluding hydrogens is 592 g/mol. The second-order valence-corrected chi connectivity index (χ2v) is 10.3. The van der Waals surface area contributed by atoms with E-state index in [0.717, 1.165) is 24.3 Å². The Morgan fingerprint density at radius 3 is 2.14 bits per heavy atom. The molecule has 0 saturated carbocycles. The number of aliphatic hydroxyl groups is 6. The van der Waals surface area contributed by atoms with Crippen molar-refractivity contribution in [3.05, 3.63) is 53.2 Å². The average Bonchev–Trinajstić information content (AvgIpc) is 2.98. The van der Waals surface area contributed by atoms with Gasteiger partial charge in [0.05, 0.1) is 6.61 Å². The fourth-order valence-corrected chi connectivity index (χ4v) is 4.89. The highest BCUT2D eigenvalue weighted by molar-refractivity contribution is 5.88. The second-order valence-electron chi connectivity index (χ2n) is 10.3. The molecule has 3 aromatic rings. The highest BCUT2D eigenvalue weighted by Gasteiger charge is 2.48. The number of aromatic hydroxyl groups is 4. The van der Waals surface area contributed by atoms with Crippen LogP contribution in [0.4, 0.5) is 0 Å². The van der Waals surface area contributed by atoms with E-state index in [-0.39, 0.29) is 11.1 Å². The monoisotopic (exact) mass is 622 g/mol. The van der Waals surface area contributed by atoms with Crippen molar-refractivity contribution in [2.75, 3.05) is 6.61 Å². The maximum Gasteiger partial charge on any atom is 0.239 e. The molecule has 0 unspecified atom stereocenters. The Labute approximate surface area is 247 Å². The molecular formula is C28H30O16. The standard InChI is InChI=1S/C28H30O16/c1-2-14-18(33)21(36)23(38)27(42-14)40-8-16-19(34)22(37)24(39)28(43-16)44-26-20(35)17-13(32)6-10(29)7-15(17)41-25(26)9-3-4-11(30)12(31)5-9/h2-7,14,16,18-19,21-24,27-34,36-39H,1,8H2/t14-,16+,18-,19+,21+,22-,23+,24+,27+,28-/m0/s1. The molecule has 10 N–H and O–H groups in total. The smallest absolute Gasteiger partial charge is 0.239 e. The number of hydrogen-bond donors (Lipinski definition) is 10. The Kier molecular flexibility index (Phi) is 8.72. The summed E-state index contributed by atoms with van der Waals surface area (Å²) < 4.78 is 27.9. The summed E-state index contributed by atoms with van der Waals surface area (Å²) in [6, 6.07) is 5.22. The summed E-state index contributed by atoms with van der Waals surface area (Å²) in [6.07, 6.45) is -15.5. The summed E-state index contributed by atoms with van der Waals surface area (Å²) >= 11 is 0. The molecule has 238 valence electrons. The van der Waals surface area contributed by atoms with Gasteiger partial charge in [-0.3, -0.25) is 4.79 Å². The molecule has 2 saturated heterocycles. The third-order valence-corrected chi connectivity index (χ3v) is 7.32. The van der Waals surface area contributed by atoms with Crippen molar-refractivity contribution in [3.8, 4) is 40.1 Å². The van der Waals surface area contributed by atoms with Crippen molar-refractivity contribution in [1.29, 1.82) is 0 Å². The lowest BCUT2D eigenvalue weighted by Gasteiger charge is -2.42. The predicted octanol–water partition coefficient (Wildman–Crippen LogP) is -1.52. The summed E-state index contributed by atoms with van der Waals surface area (Å²) in [4.78, 5) is 13.6. The van der Waals surface area contributed by atoms with Crippen molar-refractivity contribution in [2.24, 2.45) is 0 Å². The van der Waals surface area contributed by atoms with E-state index in [1.54, 1.807) is 0 Å². The number of benzene rings is 2. The van der Waals surface area contributed by atoms with Crippen molar-refractivity contribution in [1.82, 2.24) is 0 Å². The zero-order chi connectivity index (χ0) is 32.0. The minimum absolute atomic E-state index is 0.0381. The number of ether oxygens (including phenoxy) is 4. The molecule has 0 bridgehead atoms. The zero-order valence-corrected chi connectivity index (χ0v) is 22.6. The van der Waals surface area contributed by atoms with E-state index in [0.29, 0.717) is 0 Å². The van der Waals surface area contributed by atoms with Gasteiger partial charge in [-0.15, -0.1) is 6.58 Å². The largest absolute Gasteiger partial charge is 0.508 e. The van der Waals surface area contributed by atoms with Crippen LogP contribution in [0.25, 0.3) is 22.3 Å². The molecule has 10 atom stereocenters. The molecule has 16 heteroatoms. The Balaban J connectivity index is 1.47. The molecule has 2 fully saturated rings. The van der Waals surface area contributed by atoms with Crippen LogP contribution < -0.4 is 10.2 Å². The number of aliphatic hydroxyl groups excluding tert-OH is 6. The highest BCUT2D eigenvalue weighted by atomic mass is 16.7. The molecule has 16 nitrogen and oxygen atoms in total. The molecule has 2 aliphatic heterocycles. The van der Waals surface area contributed by atoms with Gasteiger partial charge in [0.25, 0.3) is 0 Å². The quantitative estimate of drug-likeness (QED) is 0.106. The second kappa shape index (κ2) is 12.2. The lowest BCUT2D eigenvalue weighted by atomic mass is 9.98. The van der Waals surface area contributed by atoms with Gasteiger partial charge in [-0.1, -0.05) is 6.08 Å². The zero-order valence-electron chi connectivity index (χ0n) is 22.6.